The summed E-state index contributed by atoms with van der Waals surface area (Å²) in [7, 11) is -3.07. The van der Waals surface area contributed by atoms with Gasteiger partial charge in [-0.25, -0.2) is 4.79 Å². The molecule has 8 rings (SSSR count). The Morgan fingerprint density at radius 1 is 0.938 bits per heavy atom. The highest BCUT2D eigenvalue weighted by molar-refractivity contribution is 7.57. The van der Waals surface area contributed by atoms with Crippen molar-refractivity contribution in [2.24, 2.45) is 34.5 Å². The van der Waals surface area contributed by atoms with E-state index in [1.165, 1.54) is 18.9 Å². The maximum Gasteiger partial charge on any atom is 0.410 e. The van der Waals surface area contributed by atoms with Crippen molar-refractivity contribution in [3.05, 3.63) is 89.0 Å². The monoisotopic (exact) mass is 1130 g/mol. The summed E-state index contributed by atoms with van der Waals surface area (Å²) < 4.78 is 50.7. The van der Waals surface area contributed by atoms with Gasteiger partial charge in [0.05, 0.1) is 31.4 Å². The third kappa shape index (κ3) is 14.6. The van der Waals surface area contributed by atoms with Crippen LogP contribution in [0.25, 0.3) is 0 Å². The maximum absolute atomic E-state index is 15.2. The Labute approximate surface area is 476 Å². The number of carbonyl (C=O) groups is 4. The number of hydrogen-bond acceptors (Lipinski definition) is 14. The number of aliphatic hydroxyl groups is 2. The first-order valence-corrected chi connectivity index (χ1v) is 32.6. The number of esters is 1. The highest BCUT2D eigenvalue weighted by Gasteiger charge is 2.76. The van der Waals surface area contributed by atoms with Gasteiger partial charge < -0.3 is 43.3 Å². The van der Waals surface area contributed by atoms with Gasteiger partial charge in [0.25, 0.3) is 0 Å². The molecule has 2 N–H and O–H groups in total. The summed E-state index contributed by atoms with van der Waals surface area (Å²) in [5.74, 6) is -0.655. The molecule has 1 heterocycles. The smallest absolute Gasteiger partial charge is 0.410 e. The second-order valence-electron chi connectivity index (χ2n) is 25.7. The van der Waals surface area contributed by atoms with Crippen LogP contribution in [0.1, 0.15) is 161 Å². The number of ether oxygens (including phenoxy) is 5. The van der Waals surface area contributed by atoms with Crippen molar-refractivity contribution < 1.29 is 62.2 Å². The molecule has 0 spiro atoms. The van der Waals surface area contributed by atoms with Gasteiger partial charge in [0, 0.05) is 67.9 Å². The molecular weight excluding hydrogens is 1040 g/mol. The number of fused-ring (bicyclic) bond motifs is 7. The lowest BCUT2D eigenvalue weighted by Gasteiger charge is -2.59. The minimum Gasteiger partial charge on any atom is -0.457 e. The Hall–Kier alpha value is -4.21. The Balaban J connectivity index is 0.901. The molecule has 6 aliphatic rings. The number of rotatable bonds is 26. The predicted molar refractivity (Wildman–Crippen MR) is 307 cm³/mol. The summed E-state index contributed by atoms with van der Waals surface area (Å²) in [6.45, 7) is 16.2. The van der Waals surface area contributed by atoms with E-state index in [9.17, 15) is 29.2 Å². The zero-order valence-corrected chi connectivity index (χ0v) is 50.1. The van der Waals surface area contributed by atoms with E-state index in [4.69, 9.17) is 28.2 Å². The van der Waals surface area contributed by atoms with Gasteiger partial charge in [-0.3, -0.25) is 23.8 Å². The van der Waals surface area contributed by atoms with E-state index < -0.39 is 72.7 Å². The quantitative estimate of drug-likeness (QED) is 0.0514. The lowest BCUT2D eigenvalue weighted by molar-refractivity contribution is -0.210. The molecule has 4 saturated carbocycles. The lowest BCUT2D eigenvalue weighted by atomic mass is 9.46. The molecule has 442 valence electrons. The first-order chi connectivity index (χ1) is 38.0. The average molecular weight is 1130 g/mol. The Morgan fingerprint density at radius 3 is 2.38 bits per heavy atom. The van der Waals surface area contributed by atoms with Gasteiger partial charge in [-0.1, -0.05) is 101 Å². The fraction of sp³-hybridized carbons (Fsp3) is 0.688. The average Bonchev–Trinajstić information content (AvgIpc) is 3.21. The summed E-state index contributed by atoms with van der Waals surface area (Å²) in [5, 5.41) is 24.1. The molecule has 1 saturated heterocycles. The molecule has 2 aromatic rings. The van der Waals surface area contributed by atoms with Gasteiger partial charge in [-0.2, -0.15) is 0 Å². The Bertz CT molecular complexity index is 2570. The molecule has 5 aliphatic carbocycles. The summed E-state index contributed by atoms with van der Waals surface area (Å²) in [4.78, 5) is 58.7. The van der Waals surface area contributed by atoms with Gasteiger partial charge in [-0.15, -0.1) is 0 Å². The van der Waals surface area contributed by atoms with Crippen LogP contribution in [-0.4, -0.2) is 133 Å². The minimum atomic E-state index is -3.07. The van der Waals surface area contributed by atoms with E-state index >= 15 is 4.79 Å². The van der Waals surface area contributed by atoms with Crippen LogP contribution in [0, 0.1) is 34.5 Å². The number of allylic oxidation sites excluding steroid dienone is 4. The van der Waals surface area contributed by atoms with Crippen molar-refractivity contribution in [1.82, 2.24) is 9.80 Å². The molecule has 16 heteroatoms. The van der Waals surface area contributed by atoms with Gasteiger partial charge in [0.1, 0.15) is 11.4 Å². The number of aliphatic hydroxyl groups excluding tert-OH is 2. The van der Waals surface area contributed by atoms with Crippen LogP contribution in [-0.2, 0) is 55.6 Å². The number of amides is 1. The summed E-state index contributed by atoms with van der Waals surface area (Å²) in [6.07, 6.45) is 15.9. The van der Waals surface area contributed by atoms with Crippen molar-refractivity contribution in [3.8, 4) is 5.75 Å². The Kier molecular flexibility index (Phi) is 20.5. The molecular formula is C64H93N2O13P. The number of carbonyl (C=O) groups excluding carboxylic acids is 4. The fourth-order valence-electron chi connectivity index (χ4n) is 14.5. The van der Waals surface area contributed by atoms with Crippen LogP contribution >= 0.6 is 7.37 Å². The van der Waals surface area contributed by atoms with Crippen molar-refractivity contribution in [2.75, 3.05) is 59.3 Å². The number of Topliss-reactive ketones (excluding diaryl/α,β-unsaturated/α-hetero) is 1. The molecule has 10 atom stereocenters. The molecule has 1 aliphatic heterocycles. The molecule has 1 unspecified atom stereocenters. The molecule has 1 amide bonds. The number of unbranched alkanes of at least 4 members (excludes halogenated alkanes) is 4. The van der Waals surface area contributed by atoms with Crippen molar-refractivity contribution in [2.45, 2.75) is 187 Å². The predicted octanol–water partition coefficient (Wildman–Crippen LogP) is 11.4. The van der Waals surface area contributed by atoms with Gasteiger partial charge >= 0.3 is 12.1 Å². The first kappa shape index (κ1) is 61.9. The second-order valence-corrected chi connectivity index (χ2v) is 28.4. The van der Waals surface area contributed by atoms with Crippen LogP contribution in [0.15, 0.2) is 72.3 Å². The maximum atomic E-state index is 15.2. The largest absolute Gasteiger partial charge is 0.457 e. The van der Waals surface area contributed by atoms with E-state index in [0.29, 0.717) is 55.8 Å². The third-order valence-electron chi connectivity index (χ3n) is 18.4. The lowest BCUT2D eigenvalue weighted by Crippen LogP contribution is -2.63. The molecule has 15 nitrogen and oxygen atoms in total. The van der Waals surface area contributed by atoms with E-state index in [1.807, 2.05) is 44.7 Å². The van der Waals surface area contributed by atoms with E-state index in [1.54, 1.807) is 35.3 Å². The van der Waals surface area contributed by atoms with Crippen molar-refractivity contribution >= 4 is 31.0 Å². The van der Waals surface area contributed by atoms with Crippen LogP contribution in [0.5, 0.6) is 5.75 Å². The standard InChI is InChI=1S/C64H93N2O13P/c1-9-65(40-47-36-46(27-30-54(47)79-80(7,8)73)53(69)41-66(60(72)78-61(2,3)4)33-19-10-11-20-34-74-35-21-18-24-44-22-14-12-15-23-44)42-57(71)75-43-55(70)64-56(76-59(77-64)45-25-16-13-17-26-45)38-51-50-29-28-48-37-49(67)31-32-62(48,5)58(50)52(68)39-63(51,64)6/h12,14-15,22-23,27,30-32,36-37,45,50-53,56,58-59,68-69H,9-11,13,16-21,24-26,28-29,33-35,38-43H2,1-8H3/t50-,51-,52-,53?,56+,58+,59+,62-,63-,64+/m0/s1. The molecule has 0 aromatic heterocycles. The van der Waals surface area contributed by atoms with Gasteiger partial charge in [0.15, 0.2) is 24.3 Å². The van der Waals surface area contributed by atoms with E-state index in [-0.39, 0.29) is 54.9 Å². The highest BCUT2D eigenvalue weighted by atomic mass is 31.2. The number of aryl methyl sites for hydroxylation is 1. The summed E-state index contributed by atoms with van der Waals surface area (Å²) >= 11 is 0. The zero-order chi connectivity index (χ0) is 57.5. The topological polar surface area (TPSA) is 188 Å². The Morgan fingerprint density at radius 2 is 1.66 bits per heavy atom. The summed E-state index contributed by atoms with van der Waals surface area (Å²) in [5.41, 5.74) is -0.0231. The SMILES string of the molecule is CCN(CC(=O)OCC(=O)[C@@]12O[C@H](C3CCCCC3)O[C@@H]1C[C@H]1[C@@H]3CCC4=CC(=O)C=C[C@]4(C)[C@H]3[C@@H](O)C[C@@]12C)Cc1cc(C(O)CN(CCCCCCOCCCCc2ccccc2)C(=O)OC(C)(C)C)ccc1OP(C)(C)=O. The first-order valence-electron chi connectivity index (χ1n) is 30.1. The minimum absolute atomic E-state index is 0.0210. The fourth-order valence-corrected chi connectivity index (χ4v) is 15.2. The number of likely N-dealkylation sites (N-methyl/N-ethyl adjacent to an activating group) is 1. The molecule has 0 radical (unpaired) electrons. The second kappa shape index (κ2) is 26.6. The number of ketones is 2. The van der Waals surface area contributed by atoms with Crippen molar-refractivity contribution in [1.29, 1.82) is 0 Å². The molecule has 2 aromatic carbocycles. The van der Waals surface area contributed by atoms with Crippen LogP contribution < -0.4 is 4.52 Å². The van der Waals surface area contributed by atoms with Crippen LogP contribution in [0.2, 0.25) is 0 Å². The van der Waals surface area contributed by atoms with Crippen molar-refractivity contribution in [3.63, 3.8) is 0 Å². The molecule has 0 bridgehead atoms. The van der Waals surface area contributed by atoms with E-state index in [2.05, 4.69) is 38.1 Å². The normalized spacial score (nSPS) is 28.8. The number of nitrogens with zero attached hydrogens (tertiary/aromatic N) is 2. The highest BCUT2D eigenvalue weighted by Crippen LogP contribution is 2.70. The summed E-state index contributed by atoms with van der Waals surface area (Å²) in [6, 6.07) is 15.6. The zero-order valence-electron chi connectivity index (χ0n) is 49.2. The van der Waals surface area contributed by atoms with Crippen LogP contribution in [0.4, 0.5) is 4.79 Å². The van der Waals surface area contributed by atoms with Gasteiger partial charge in [-0.05, 0) is 145 Å². The van der Waals surface area contributed by atoms with E-state index in [0.717, 1.165) is 95.7 Å². The van der Waals surface area contributed by atoms with Crippen LogP contribution in [0.3, 0.4) is 0 Å². The number of benzene rings is 2. The molecule has 80 heavy (non-hydrogen) atoms. The third-order valence-corrected chi connectivity index (χ3v) is 19.0. The van der Waals surface area contributed by atoms with Gasteiger partial charge in [0.2, 0.25) is 13.2 Å². The molecule has 5 fully saturated rings. The number of hydrogen-bond donors (Lipinski definition) is 2.